The van der Waals surface area contributed by atoms with Crippen molar-refractivity contribution >= 4 is 21.8 Å². The van der Waals surface area contributed by atoms with Crippen molar-refractivity contribution in [2.75, 3.05) is 10.8 Å². The smallest absolute Gasteiger partial charge is 0.340 e. The predicted molar refractivity (Wildman–Crippen MR) is 79.6 cm³/mol. The van der Waals surface area contributed by atoms with Crippen molar-refractivity contribution < 1.29 is 31.5 Å². The van der Waals surface area contributed by atoms with Crippen LogP contribution in [0, 0.1) is 5.82 Å². The first kappa shape index (κ1) is 17.1. The highest BCUT2D eigenvalue weighted by Gasteiger charge is 2.38. The summed E-state index contributed by atoms with van der Waals surface area (Å²) < 4.78 is 67.4. The van der Waals surface area contributed by atoms with Crippen LogP contribution < -0.4 is 9.03 Å². The summed E-state index contributed by atoms with van der Waals surface area (Å²) in [7, 11) is -4.36. The number of nitrogens with zero attached hydrogens (tertiary/aromatic N) is 3. The average Bonchev–Trinajstić information content (AvgIpc) is 3.04. The molecule has 0 bridgehead atoms. The van der Waals surface area contributed by atoms with Crippen molar-refractivity contribution in [3.63, 3.8) is 0 Å². The molecule has 1 aromatic carbocycles. The lowest BCUT2D eigenvalue weighted by molar-refractivity contribution is -0.117. The SMILES string of the molecule is CC(F)(F)n1cc(-c2ccc(O)c(N3CC(=O)NS3(=O)=O)c2F)cn1. The molecule has 1 aromatic heterocycles. The number of phenols is 1. The van der Waals surface area contributed by atoms with Crippen LogP contribution in [-0.2, 0) is 21.1 Å². The number of carbonyl (C=O) groups excluding carboxylic acids is 1. The number of hydrogen-bond acceptors (Lipinski definition) is 5. The molecule has 2 N–H and O–H groups in total. The Hall–Kier alpha value is -2.76. The zero-order chi connectivity index (χ0) is 18.6. The fourth-order valence-electron chi connectivity index (χ4n) is 2.34. The third kappa shape index (κ3) is 2.88. The lowest BCUT2D eigenvalue weighted by Crippen LogP contribution is -2.30. The van der Waals surface area contributed by atoms with Crippen LogP contribution in [0.2, 0.25) is 0 Å². The van der Waals surface area contributed by atoms with Gasteiger partial charge in [0, 0.05) is 24.2 Å². The second-order valence-corrected chi connectivity index (χ2v) is 6.94. The Bertz CT molecular complexity index is 968. The molecule has 0 atom stereocenters. The molecule has 0 spiro atoms. The Morgan fingerprint density at radius 2 is 2.04 bits per heavy atom. The summed E-state index contributed by atoms with van der Waals surface area (Å²) in [6.07, 6.45) is 1.85. The zero-order valence-electron chi connectivity index (χ0n) is 12.6. The molecule has 0 saturated carbocycles. The van der Waals surface area contributed by atoms with Crippen LogP contribution in [0.5, 0.6) is 5.75 Å². The molecule has 8 nitrogen and oxygen atoms in total. The molecule has 3 rings (SSSR count). The van der Waals surface area contributed by atoms with Crippen LogP contribution in [0.4, 0.5) is 18.9 Å². The molecule has 0 aliphatic carbocycles. The van der Waals surface area contributed by atoms with E-state index in [1.54, 1.807) is 4.72 Å². The van der Waals surface area contributed by atoms with Gasteiger partial charge in [-0.3, -0.25) is 4.79 Å². The van der Waals surface area contributed by atoms with Gasteiger partial charge in [-0.05, 0) is 12.1 Å². The van der Waals surface area contributed by atoms with E-state index in [9.17, 15) is 31.5 Å². The summed E-state index contributed by atoms with van der Waals surface area (Å²) in [6.45, 7) is -0.126. The molecule has 0 radical (unpaired) electrons. The normalized spacial score (nSPS) is 17.0. The lowest BCUT2D eigenvalue weighted by Gasteiger charge is -2.18. The van der Waals surface area contributed by atoms with E-state index in [4.69, 9.17) is 0 Å². The second kappa shape index (κ2) is 5.37. The highest BCUT2D eigenvalue weighted by molar-refractivity contribution is 7.92. The van der Waals surface area contributed by atoms with Gasteiger partial charge in [-0.1, -0.05) is 0 Å². The molecule has 134 valence electrons. The monoisotopic (exact) mass is 376 g/mol. The summed E-state index contributed by atoms with van der Waals surface area (Å²) in [5, 5.41) is 13.3. The lowest BCUT2D eigenvalue weighted by atomic mass is 10.1. The van der Waals surface area contributed by atoms with E-state index in [0.29, 0.717) is 15.9 Å². The Morgan fingerprint density at radius 3 is 2.56 bits per heavy atom. The number of anilines is 1. The van der Waals surface area contributed by atoms with Crippen molar-refractivity contribution in [1.29, 1.82) is 0 Å². The maximum absolute atomic E-state index is 14.8. The maximum atomic E-state index is 14.8. The van der Waals surface area contributed by atoms with Gasteiger partial charge in [-0.15, -0.1) is 0 Å². The number of carbonyl (C=O) groups is 1. The summed E-state index contributed by atoms with van der Waals surface area (Å²) in [4.78, 5) is 11.3. The summed E-state index contributed by atoms with van der Waals surface area (Å²) in [6, 6.07) is -1.24. The van der Waals surface area contributed by atoms with Crippen LogP contribution in [0.3, 0.4) is 0 Å². The molecule has 25 heavy (non-hydrogen) atoms. The predicted octanol–water partition coefficient (Wildman–Crippen LogP) is 1.14. The van der Waals surface area contributed by atoms with Crippen molar-refractivity contribution in [1.82, 2.24) is 14.5 Å². The van der Waals surface area contributed by atoms with E-state index in [1.807, 2.05) is 0 Å². The molecule has 2 aromatic rings. The summed E-state index contributed by atoms with van der Waals surface area (Å²) >= 11 is 0. The van der Waals surface area contributed by atoms with E-state index in [0.717, 1.165) is 24.5 Å². The third-order valence-electron chi connectivity index (χ3n) is 3.46. The molecular formula is C13H11F3N4O4S. The van der Waals surface area contributed by atoms with Crippen molar-refractivity contribution in [2.24, 2.45) is 0 Å². The van der Waals surface area contributed by atoms with Gasteiger partial charge in [-0.2, -0.15) is 22.3 Å². The fourth-order valence-corrected chi connectivity index (χ4v) is 3.50. The molecule has 1 aliphatic rings. The Kier molecular flexibility index (Phi) is 3.67. The van der Waals surface area contributed by atoms with E-state index in [-0.39, 0.29) is 11.1 Å². The number of rotatable bonds is 3. The molecule has 2 heterocycles. The quantitative estimate of drug-likeness (QED) is 0.836. The third-order valence-corrected chi connectivity index (χ3v) is 4.84. The number of hydrogen-bond donors (Lipinski definition) is 2. The van der Waals surface area contributed by atoms with Crippen LogP contribution in [0.25, 0.3) is 11.1 Å². The van der Waals surface area contributed by atoms with Gasteiger partial charge in [0.2, 0.25) is 0 Å². The van der Waals surface area contributed by atoms with Gasteiger partial charge in [-0.25, -0.2) is 18.1 Å². The van der Waals surface area contributed by atoms with Crippen LogP contribution in [-0.4, -0.2) is 35.8 Å². The topological polar surface area (TPSA) is 105 Å². The summed E-state index contributed by atoms with van der Waals surface area (Å²) in [5.41, 5.74) is -1.08. The molecule has 1 amide bonds. The zero-order valence-corrected chi connectivity index (χ0v) is 13.4. The van der Waals surface area contributed by atoms with Crippen molar-refractivity contribution in [3.8, 4) is 16.9 Å². The van der Waals surface area contributed by atoms with Gasteiger partial charge in [0.25, 0.3) is 5.91 Å². The number of nitrogens with one attached hydrogen (secondary N) is 1. The second-order valence-electron chi connectivity index (χ2n) is 5.35. The number of alkyl halides is 2. The first-order valence-electron chi connectivity index (χ1n) is 6.79. The first-order chi connectivity index (χ1) is 11.5. The molecule has 1 aliphatic heterocycles. The molecule has 12 heteroatoms. The van der Waals surface area contributed by atoms with Crippen molar-refractivity contribution in [3.05, 3.63) is 30.3 Å². The van der Waals surface area contributed by atoms with E-state index in [2.05, 4.69) is 5.10 Å². The highest BCUT2D eigenvalue weighted by Crippen LogP contribution is 2.38. The molecule has 1 saturated heterocycles. The minimum Gasteiger partial charge on any atom is -0.506 e. The van der Waals surface area contributed by atoms with Crippen molar-refractivity contribution in [2.45, 2.75) is 13.0 Å². The molecule has 1 fully saturated rings. The summed E-state index contributed by atoms with van der Waals surface area (Å²) in [5.74, 6) is -2.82. The Labute approximate surface area is 139 Å². The van der Waals surface area contributed by atoms with E-state index >= 15 is 0 Å². The van der Waals surface area contributed by atoms with Crippen LogP contribution in [0.15, 0.2) is 24.5 Å². The van der Waals surface area contributed by atoms with E-state index in [1.165, 1.54) is 0 Å². The number of halogens is 3. The molecule has 0 unspecified atom stereocenters. The van der Waals surface area contributed by atoms with E-state index < -0.39 is 46.0 Å². The number of phenolic OH excluding ortho intramolecular Hbond substituents is 1. The Morgan fingerprint density at radius 1 is 1.36 bits per heavy atom. The minimum atomic E-state index is -4.36. The number of aromatic hydroxyl groups is 1. The van der Waals surface area contributed by atoms with Crippen LogP contribution >= 0.6 is 0 Å². The Balaban J connectivity index is 2.13. The minimum absolute atomic E-state index is 0.0591. The van der Waals surface area contributed by atoms with Crippen LogP contribution in [0.1, 0.15) is 6.92 Å². The fraction of sp³-hybridized carbons (Fsp3) is 0.231. The first-order valence-corrected chi connectivity index (χ1v) is 8.23. The number of benzene rings is 1. The largest absolute Gasteiger partial charge is 0.506 e. The van der Waals surface area contributed by atoms with Gasteiger partial charge in [0.1, 0.15) is 18.0 Å². The van der Waals surface area contributed by atoms with Gasteiger partial charge >= 0.3 is 16.3 Å². The average molecular weight is 376 g/mol. The standard InChI is InChI=1S/C13H11F3N4O4S/c1-13(15,16)20-5-7(4-17-20)8-2-3-9(21)12(11(8)14)19-6-10(22)18-25(19,23)24/h2-5,21H,6H2,1H3,(H,18,22). The number of amides is 1. The maximum Gasteiger partial charge on any atom is 0.340 e. The van der Waals surface area contributed by atoms with Gasteiger partial charge < -0.3 is 5.11 Å². The number of aromatic nitrogens is 2. The van der Waals surface area contributed by atoms with Gasteiger partial charge in [0.05, 0.1) is 6.20 Å². The molecular weight excluding hydrogens is 365 g/mol. The van der Waals surface area contributed by atoms with Gasteiger partial charge in [0.15, 0.2) is 5.82 Å². The highest BCUT2D eigenvalue weighted by atomic mass is 32.2.